The molecule has 8 aromatic carbocycles. The normalized spacial score (nSPS) is 11.7. The van der Waals surface area contributed by atoms with E-state index >= 15 is 0 Å². The number of hydrogen-bond acceptors (Lipinski definition) is 1. The van der Waals surface area contributed by atoms with E-state index in [0.717, 1.165) is 11.4 Å². The van der Waals surface area contributed by atoms with Gasteiger partial charge in [0.1, 0.15) is 0 Å². The van der Waals surface area contributed by atoms with Crippen molar-refractivity contribution in [2.24, 2.45) is 0 Å². The second-order valence-corrected chi connectivity index (χ2v) is 14.8. The fraction of sp³-hybridized carbons (Fsp3) is 0. The Balaban J connectivity index is 1.21. The Kier molecular flexibility index (Phi) is 6.55. The molecule has 0 amide bonds. The molecule has 0 fully saturated rings. The molecule has 230 valence electrons. The fourth-order valence-electron chi connectivity index (χ4n) is 7.49. The summed E-state index contributed by atoms with van der Waals surface area (Å²) in [5, 5.41) is 7.94. The Bertz CT molecular complexity index is 2830. The van der Waals surface area contributed by atoms with Crippen LogP contribution < -0.4 is 4.90 Å². The summed E-state index contributed by atoms with van der Waals surface area (Å²) in [5.74, 6) is 0. The van der Waals surface area contributed by atoms with Crippen LogP contribution in [0.15, 0.2) is 182 Å². The van der Waals surface area contributed by atoms with Crippen molar-refractivity contribution in [3.8, 4) is 16.8 Å². The van der Waals surface area contributed by atoms with E-state index in [1.54, 1.807) is 0 Å². The van der Waals surface area contributed by atoms with Crippen molar-refractivity contribution in [2.45, 2.75) is 0 Å². The zero-order valence-corrected chi connectivity index (χ0v) is 28.3. The zero-order valence-electron chi connectivity index (χ0n) is 26.6. The summed E-state index contributed by atoms with van der Waals surface area (Å²) in [6, 6.07) is 66.6. The van der Waals surface area contributed by atoms with Crippen LogP contribution in [0.1, 0.15) is 0 Å². The van der Waals surface area contributed by atoms with Gasteiger partial charge in [0.25, 0.3) is 0 Å². The van der Waals surface area contributed by atoms with Gasteiger partial charge in [-0.1, -0.05) is 6.07 Å². The SMILES string of the molecule is c1ccc(-c2cccc(N(c3ccc4c(c3)[se]c3c5ccccc5ccc43)c3ccc4c(c3)c3ccccc3n4-c3ccccc3)c2)cc1. The number of nitrogens with zero attached hydrogens (tertiary/aromatic N) is 2. The van der Waals surface area contributed by atoms with Crippen molar-refractivity contribution >= 4 is 83.4 Å². The van der Waals surface area contributed by atoms with Gasteiger partial charge in [-0.15, -0.1) is 0 Å². The van der Waals surface area contributed by atoms with E-state index in [0.29, 0.717) is 0 Å². The third kappa shape index (κ3) is 4.63. The van der Waals surface area contributed by atoms with Crippen LogP contribution in [0.5, 0.6) is 0 Å². The number of rotatable bonds is 5. The van der Waals surface area contributed by atoms with Crippen molar-refractivity contribution in [3.05, 3.63) is 182 Å². The van der Waals surface area contributed by atoms with Crippen molar-refractivity contribution in [1.82, 2.24) is 4.57 Å². The molecule has 0 saturated heterocycles. The molecule has 0 saturated carbocycles. The Morgan fingerprint density at radius 3 is 1.92 bits per heavy atom. The van der Waals surface area contributed by atoms with E-state index in [1.807, 2.05) is 0 Å². The molecule has 0 radical (unpaired) electrons. The van der Waals surface area contributed by atoms with Crippen LogP contribution in [-0.2, 0) is 0 Å². The molecular formula is C46H30N2Se. The minimum atomic E-state index is 0.214. The van der Waals surface area contributed by atoms with Gasteiger partial charge in [-0.05, 0) is 0 Å². The van der Waals surface area contributed by atoms with Crippen molar-refractivity contribution in [1.29, 1.82) is 0 Å². The molecule has 0 N–H and O–H groups in total. The molecule has 2 heterocycles. The third-order valence-electron chi connectivity index (χ3n) is 9.75. The Morgan fingerprint density at radius 1 is 0.388 bits per heavy atom. The van der Waals surface area contributed by atoms with Gasteiger partial charge in [0.2, 0.25) is 0 Å². The number of fused-ring (bicyclic) bond motifs is 8. The predicted molar refractivity (Wildman–Crippen MR) is 210 cm³/mol. The van der Waals surface area contributed by atoms with Crippen LogP contribution in [-0.4, -0.2) is 19.1 Å². The van der Waals surface area contributed by atoms with Gasteiger partial charge in [-0.25, -0.2) is 0 Å². The van der Waals surface area contributed by atoms with E-state index < -0.39 is 0 Å². The van der Waals surface area contributed by atoms with Crippen molar-refractivity contribution in [3.63, 3.8) is 0 Å². The van der Waals surface area contributed by atoms with Crippen LogP contribution >= 0.6 is 0 Å². The van der Waals surface area contributed by atoms with Gasteiger partial charge in [0.15, 0.2) is 0 Å². The van der Waals surface area contributed by atoms with Crippen LogP contribution in [0.2, 0.25) is 0 Å². The monoisotopic (exact) mass is 690 g/mol. The summed E-state index contributed by atoms with van der Waals surface area (Å²) < 4.78 is 5.31. The third-order valence-corrected chi connectivity index (χ3v) is 12.3. The van der Waals surface area contributed by atoms with Gasteiger partial charge in [-0.3, -0.25) is 0 Å². The summed E-state index contributed by atoms with van der Waals surface area (Å²) in [6.45, 7) is 0. The molecule has 0 atom stereocenters. The maximum atomic E-state index is 2.44. The zero-order chi connectivity index (χ0) is 32.3. The topological polar surface area (TPSA) is 8.17 Å². The second-order valence-electron chi connectivity index (χ2n) is 12.6. The molecule has 0 aliphatic rings. The Hall–Kier alpha value is -5.86. The van der Waals surface area contributed by atoms with Gasteiger partial charge in [0, 0.05) is 0 Å². The van der Waals surface area contributed by atoms with E-state index in [4.69, 9.17) is 0 Å². The van der Waals surface area contributed by atoms with Crippen LogP contribution in [0.25, 0.3) is 68.7 Å². The van der Waals surface area contributed by atoms with Gasteiger partial charge < -0.3 is 0 Å². The summed E-state index contributed by atoms with van der Waals surface area (Å²) in [7, 11) is 0. The summed E-state index contributed by atoms with van der Waals surface area (Å²) in [5.41, 5.74) is 9.45. The Morgan fingerprint density at radius 2 is 1.04 bits per heavy atom. The van der Waals surface area contributed by atoms with Crippen LogP contribution in [0.4, 0.5) is 17.1 Å². The fourth-order valence-corrected chi connectivity index (χ4v) is 10.2. The molecule has 0 spiro atoms. The molecule has 0 bridgehead atoms. The molecular weight excluding hydrogens is 659 g/mol. The van der Waals surface area contributed by atoms with E-state index in [2.05, 4.69) is 191 Å². The van der Waals surface area contributed by atoms with Crippen molar-refractivity contribution < 1.29 is 0 Å². The van der Waals surface area contributed by atoms with E-state index in [1.165, 1.54) is 74.4 Å². The van der Waals surface area contributed by atoms with E-state index in [9.17, 15) is 0 Å². The number of benzene rings is 8. The molecule has 0 aliphatic carbocycles. The molecule has 10 aromatic rings. The molecule has 2 nitrogen and oxygen atoms in total. The first kappa shape index (κ1) is 28.2. The Labute approximate surface area is 290 Å². The summed E-state index contributed by atoms with van der Waals surface area (Å²) in [6.07, 6.45) is 0. The van der Waals surface area contributed by atoms with Gasteiger partial charge in [0.05, 0.1) is 0 Å². The number of anilines is 3. The number of hydrogen-bond donors (Lipinski definition) is 0. The first-order valence-electron chi connectivity index (χ1n) is 16.7. The summed E-state index contributed by atoms with van der Waals surface area (Å²) in [4.78, 5) is 2.44. The van der Waals surface area contributed by atoms with E-state index in [-0.39, 0.29) is 14.5 Å². The van der Waals surface area contributed by atoms with Gasteiger partial charge >= 0.3 is 286 Å². The molecule has 0 unspecified atom stereocenters. The van der Waals surface area contributed by atoms with Crippen LogP contribution in [0.3, 0.4) is 0 Å². The first-order chi connectivity index (χ1) is 24.3. The van der Waals surface area contributed by atoms with Gasteiger partial charge in [-0.2, -0.15) is 0 Å². The summed E-state index contributed by atoms with van der Waals surface area (Å²) >= 11 is 0.214. The number of aromatic nitrogens is 1. The average molecular weight is 690 g/mol. The maximum absolute atomic E-state index is 2.44. The molecule has 0 aliphatic heterocycles. The predicted octanol–water partition coefficient (Wildman–Crippen LogP) is 12.4. The second kappa shape index (κ2) is 11.4. The van der Waals surface area contributed by atoms with Crippen LogP contribution in [0, 0.1) is 0 Å². The minimum absolute atomic E-state index is 0.214. The molecule has 3 heteroatoms. The standard InChI is InChI=1S/C46H30N2Se/c1-3-12-31(13-4-1)33-15-11-18-35(28-33)47(37-23-26-40-41-25-22-32-14-7-8-19-38(32)46(41)49-45(40)30-37)36-24-27-44-42(29-36)39-20-9-10-21-43(39)48(44)34-16-5-2-6-17-34/h1-30H. The first-order valence-corrected chi connectivity index (χ1v) is 18.4. The quantitative estimate of drug-likeness (QED) is 0.163. The molecule has 49 heavy (non-hydrogen) atoms. The molecule has 2 aromatic heterocycles. The number of para-hydroxylation sites is 2. The molecule has 10 rings (SSSR count). The average Bonchev–Trinajstić information content (AvgIpc) is 3.71. The van der Waals surface area contributed by atoms with Crippen molar-refractivity contribution in [2.75, 3.05) is 4.90 Å².